The van der Waals surface area contributed by atoms with Crippen LogP contribution in [-0.2, 0) is 11.4 Å². The molecule has 162 valence electrons. The Bertz CT molecular complexity index is 1140. The Morgan fingerprint density at radius 1 is 1.19 bits per heavy atom. The number of hydrogen-bond donors (Lipinski definition) is 1. The van der Waals surface area contributed by atoms with Gasteiger partial charge in [-0.15, -0.1) is 0 Å². The Kier molecular flexibility index (Phi) is 7.79. The van der Waals surface area contributed by atoms with E-state index in [9.17, 15) is 14.4 Å². The van der Waals surface area contributed by atoms with E-state index in [0.717, 1.165) is 0 Å². The topological polar surface area (TPSA) is 83.7 Å². The number of hydrazone groups is 1. The van der Waals surface area contributed by atoms with E-state index in [2.05, 4.69) is 10.5 Å². The minimum atomic E-state index is -0.969. The maximum absolute atomic E-state index is 13.9. The van der Waals surface area contributed by atoms with Gasteiger partial charge in [0.25, 0.3) is 5.91 Å². The second-order valence-corrected chi connectivity index (χ2v) is 7.01. The number of nitrogens with zero attached hydrogens (tertiary/aromatic N) is 2. The van der Waals surface area contributed by atoms with Crippen LogP contribution >= 0.6 is 11.6 Å². The molecule has 0 saturated carbocycles. The number of nitrogens with one attached hydrogen (secondary N) is 1. The predicted octanol–water partition coefficient (Wildman–Crippen LogP) is 4.82. The Morgan fingerprint density at radius 2 is 1.97 bits per heavy atom. The van der Waals surface area contributed by atoms with Crippen molar-refractivity contribution in [2.45, 2.75) is 12.5 Å². The van der Waals surface area contributed by atoms with Crippen molar-refractivity contribution in [1.29, 1.82) is 5.26 Å². The first-order chi connectivity index (χ1) is 15.5. The summed E-state index contributed by atoms with van der Waals surface area (Å²) in [6, 6.07) is 20.1. The Labute approximate surface area is 189 Å². The van der Waals surface area contributed by atoms with Crippen LogP contribution in [0.1, 0.15) is 22.6 Å². The van der Waals surface area contributed by atoms with E-state index >= 15 is 0 Å². The molecule has 1 atom stereocenters. The quantitative estimate of drug-likeness (QED) is 0.393. The third kappa shape index (κ3) is 5.62. The molecule has 0 spiro atoms. The van der Waals surface area contributed by atoms with Gasteiger partial charge in [0.15, 0.2) is 17.4 Å². The van der Waals surface area contributed by atoms with Crippen LogP contribution in [0.25, 0.3) is 0 Å². The van der Waals surface area contributed by atoms with Crippen LogP contribution in [0.5, 0.6) is 11.5 Å². The molecular weight excluding hydrogens is 433 g/mol. The minimum absolute atomic E-state index is 0.0691. The molecule has 0 unspecified atom stereocenters. The third-order valence-electron chi connectivity index (χ3n) is 4.53. The number of carbonyl (C=O) groups excluding carboxylic acids is 1. The van der Waals surface area contributed by atoms with Gasteiger partial charge in [-0.25, -0.2) is 9.82 Å². The third-order valence-corrected chi connectivity index (χ3v) is 4.89. The molecule has 0 fully saturated rings. The van der Waals surface area contributed by atoms with Gasteiger partial charge in [-0.2, -0.15) is 10.4 Å². The van der Waals surface area contributed by atoms with Crippen LogP contribution < -0.4 is 14.9 Å². The molecule has 3 rings (SSSR count). The van der Waals surface area contributed by atoms with Crippen molar-refractivity contribution in [2.75, 3.05) is 7.11 Å². The molecule has 0 aliphatic carbocycles. The number of carbonyl (C=O) groups is 1. The highest BCUT2D eigenvalue weighted by atomic mass is 35.5. The predicted molar refractivity (Wildman–Crippen MR) is 119 cm³/mol. The van der Waals surface area contributed by atoms with Crippen LogP contribution in [0.2, 0.25) is 5.02 Å². The lowest BCUT2D eigenvalue weighted by atomic mass is 10.0. The zero-order valence-corrected chi connectivity index (χ0v) is 17.8. The van der Waals surface area contributed by atoms with Crippen LogP contribution in [0.15, 0.2) is 71.8 Å². The van der Waals surface area contributed by atoms with Gasteiger partial charge >= 0.3 is 0 Å². The van der Waals surface area contributed by atoms with Crippen molar-refractivity contribution in [3.05, 3.63) is 94.3 Å². The molecule has 8 heteroatoms. The minimum Gasteiger partial charge on any atom is -0.493 e. The molecule has 1 N–H and O–H groups in total. The van der Waals surface area contributed by atoms with E-state index in [4.69, 9.17) is 21.1 Å². The summed E-state index contributed by atoms with van der Waals surface area (Å²) in [6.45, 7) is -0.0691. The number of benzene rings is 3. The van der Waals surface area contributed by atoms with Gasteiger partial charge in [0.2, 0.25) is 0 Å². The molecule has 32 heavy (non-hydrogen) atoms. The summed E-state index contributed by atoms with van der Waals surface area (Å²) < 4.78 is 24.9. The highest BCUT2D eigenvalue weighted by Gasteiger charge is 2.19. The number of rotatable bonds is 8. The van der Waals surface area contributed by atoms with Crippen LogP contribution in [0.4, 0.5) is 4.39 Å². The fourth-order valence-corrected chi connectivity index (χ4v) is 3.09. The van der Waals surface area contributed by atoms with Crippen molar-refractivity contribution in [1.82, 2.24) is 5.43 Å². The van der Waals surface area contributed by atoms with E-state index in [0.29, 0.717) is 22.6 Å². The van der Waals surface area contributed by atoms with Gasteiger partial charge < -0.3 is 9.47 Å². The van der Waals surface area contributed by atoms with Crippen molar-refractivity contribution in [2.24, 2.45) is 5.10 Å². The first-order valence-electron chi connectivity index (χ1n) is 9.54. The largest absolute Gasteiger partial charge is 0.493 e. The average Bonchev–Trinajstić information content (AvgIpc) is 2.80. The fourth-order valence-electron chi connectivity index (χ4n) is 2.87. The molecule has 0 bridgehead atoms. The summed E-state index contributed by atoms with van der Waals surface area (Å²) in [5.74, 6) is -1.18. The Morgan fingerprint density at radius 3 is 2.66 bits per heavy atom. The fraction of sp³-hybridized carbons (Fsp3) is 0.125. The molecule has 0 aromatic heterocycles. The number of hydrogen-bond acceptors (Lipinski definition) is 5. The smallest absolute Gasteiger partial charge is 0.261 e. The monoisotopic (exact) mass is 451 g/mol. The zero-order chi connectivity index (χ0) is 22.9. The number of amides is 1. The van der Waals surface area contributed by atoms with Crippen molar-refractivity contribution in [3.63, 3.8) is 0 Å². The first kappa shape index (κ1) is 22.8. The van der Waals surface area contributed by atoms with Crippen molar-refractivity contribution in [3.8, 4) is 17.6 Å². The van der Waals surface area contributed by atoms with Crippen molar-refractivity contribution >= 4 is 23.7 Å². The number of methoxy groups -OCH3 is 1. The highest BCUT2D eigenvalue weighted by Crippen LogP contribution is 2.29. The van der Waals surface area contributed by atoms with Gasteiger partial charge in [-0.3, -0.25) is 4.79 Å². The molecular formula is C24H19ClFN3O3. The second-order valence-electron chi connectivity index (χ2n) is 6.61. The van der Waals surface area contributed by atoms with Gasteiger partial charge in [0.1, 0.15) is 12.4 Å². The molecule has 0 aliphatic heterocycles. The van der Waals surface area contributed by atoms with Crippen LogP contribution in [-0.4, -0.2) is 19.2 Å². The van der Waals surface area contributed by atoms with E-state index in [1.165, 1.54) is 25.5 Å². The molecule has 0 heterocycles. The van der Waals surface area contributed by atoms with E-state index in [1.54, 1.807) is 54.6 Å². The number of halogens is 2. The van der Waals surface area contributed by atoms with Gasteiger partial charge in [0, 0.05) is 5.56 Å². The molecule has 3 aromatic carbocycles. The van der Waals surface area contributed by atoms with E-state index < -0.39 is 17.6 Å². The summed E-state index contributed by atoms with van der Waals surface area (Å²) >= 11 is 6.03. The lowest BCUT2D eigenvalue weighted by Gasteiger charge is -2.12. The molecule has 6 nitrogen and oxygen atoms in total. The van der Waals surface area contributed by atoms with Gasteiger partial charge in [0.05, 0.1) is 24.4 Å². The molecule has 3 aromatic rings. The molecule has 0 radical (unpaired) electrons. The van der Waals surface area contributed by atoms with Gasteiger partial charge in [-0.1, -0.05) is 48.0 Å². The van der Waals surface area contributed by atoms with Crippen molar-refractivity contribution < 1.29 is 18.7 Å². The van der Waals surface area contributed by atoms with Crippen LogP contribution in [0, 0.1) is 17.1 Å². The van der Waals surface area contributed by atoms with E-state index in [1.807, 2.05) is 6.07 Å². The lowest BCUT2D eigenvalue weighted by molar-refractivity contribution is -0.121. The SMILES string of the molecule is COc1cc(/C=N\NC(=O)[C@@H](C#N)c2ccccc2)ccc1OCc1c(F)cccc1Cl. The lowest BCUT2D eigenvalue weighted by Crippen LogP contribution is -2.24. The maximum atomic E-state index is 13.9. The Balaban J connectivity index is 1.66. The number of nitriles is 1. The average molecular weight is 452 g/mol. The Hall–Kier alpha value is -3.89. The van der Waals surface area contributed by atoms with Gasteiger partial charge in [-0.05, 0) is 41.5 Å². The summed E-state index contributed by atoms with van der Waals surface area (Å²) in [5, 5.41) is 13.5. The van der Waals surface area contributed by atoms with E-state index in [-0.39, 0.29) is 17.2 Å². The first-order valence-corrected chi connectivity index (χ1v) is 9.92. The highest BCUT2D eigenvalue weighted by molar-refractivity contribution is 6.31. The molecule has 0 saturated heterocycles. The summed E-state index contributed by atoms with van der Waals surface area (Å²) in [6.07, 6.45) is 1.41. The van der Waals surface area contributed by atoms with Crippen LogP contribution in [0.3, 0.4) is 0 Å². The standard InChI is InChI=1S/C24H19ClFN3O3/c1-31-23-12-16(10-11-22(23)32-15-19-20(25)8-5-9-21(19)26)14-28-29-24(30)18(13-27)17-6-3-2-4-7-17/h2-12,14,18H,15H2,1H3,(H,29,30)/b28-14-/t18-/m0/s1. The number of ether oxygens (including phenoxy) is 2. The molecule has 0 aliphatic rings. The maximum Gasteiger partial charge on any atom is 0.261 e. The normalized spacial score (nSPS) is 11.6. The molecule has 1 amide bonds. The summed E-state index contributed by atoms with van der Waals surface area (Å²) in [5.41, 5.74) is 3.82. The second kappa shape index (κ2) is 10.9. The summed E-state index contributed by atoms with van der Waals surface area (Å²) in [4.78, 5) is 12.3. The zero-order valence-electron chi connectivity index (χ0n) is 17.1. The summed E-state index contributed by atoms with van der Waals surface area (Å²) in [7, 11) is 1.47.